The number of hydrogen-bond donors (Lipinski definition) is 1. The van der Waals surface area contributed by atoms with Crippen LogP contribution in [-0.2, 0) is 16.1 Å². The van der Waals surface area contributed by atoms with Gasteiger partial charge in [0.1, 0.15) is 6.10 Å². The Balaban J connectivity index is 1.60. The molecule has 0 bridgehead atoms. The van der Waals surface area contributed by atoms with E-state index in [9.17, 15) is 5.11 Å². The summed E-state index contributed by atoms with van der Waals surface area (Å²) in [5, 5.41) is 9.79. The molecule has 0 fully saturated rings. The summed E-state index contributed by atoms with van der Waals surface area (Å²) in [6, 6.07) is 17.7. The topological polar surface area (TPSA) is 38.7 Å². The molecule has 3 nitrogen and oxygen atoms in total. The van der Waals surface area contributed by atoms with Gasteiger partial charge in [0.2, 0.25) is 0 Å². The van der Waals surface area contributed by atoms with Crippen LogP contribution in [0.15, 0.2) is 54.6 Å². The molecule has 98 valence electrons. The summed E-state index contributed by atoms with van der Waals surface area (Å²) in [4.78, 5) is 0. The normalized spacial score (nSPS) is 21.3. The predicted octanol–water partition coefficient (Wildman–Crippen LogP) is 2.97. The van der Waals surface area contributed by atoms with Gasteiger partial charge in [-0.2, -0.15) is 0 Å². The van der Waals surface area contributed by atoms with E-state index in [4.69, 9.17) is 9.47 Å². The molecule has 0 radical (unpaired) electrons. The van der Waals surface area contributed by atoms with E-state index in [0.29, 0.717) is 13.2 Å². The molecule has 0 unspecified atom stereocenters. The second kappa shape index (κ2) is 5.53. The first-order chi connectivity index (χ1) is 9.34. The summed E-state index contributed by atoms with van der Waals surface area (Å²) in [5.74, 6) is 0. The highest BCUT2D eigenvalue weighted by molar-refractivity contribution is 5.33. The Morgan fingerprint density at radius 2 is 1.63 bits per heavy atom. The van der Waals surface area contributed by atoms with Gasteiger partial charge in [-0.15, -0.1) is 0 Å². The van der Waals surface area contributed by atoms with Crippen LogP contribution in [0.25, 0.3) is 0 Å². The molecule has 2 atom stereocenters. The Morgan fingerprint density at radius 3 is 2.42 bits per heavy atom. The first kappa shape index (κ1) is 12.4. The molecule has 2 aromatic carbocycles. The Hall–Kier alpha value is -1.68. The van der Waals surface area contributed by atoms with Crippen LogP contribution in [0.5, 0.6) is 0 Å². The lowest BCUT2D eigenvalue weighted by Gasteiger charge is -2.12. The van der Waals surface area contributed by atoms with E-state index in [0.717, 1.165) is 16.7 Å². The summed E-state index contributed by atoms with van der Waals surface area (Å²) in [6.07, 6.45) is -1.02. The number of aliphatic hydroxyl groups is 1. The Labute approximate surface area is 112 Å². The molecule has 0 aromatic heterocycles. The van der Waals surface area contributed by atoms with Gasteiger partial charge in [-0.1, -0.05) is 54.6 Å². The van der Waals surface area contributed by atoms with Crippen molar-refractivity contribution in [1.82, 2.24) is 0 Å². The van der Waals surface area contributed by atoms with Crippen LogP contribution in [0.3, 0.4) is 0 Å². The van der Waals surface area contributed by atoms with Crippen molar-refractivity contribution in [2.45, 2.75) is 19.0 Å². The molecule has 3 heteroatoms. The Bertz CT molecular complexity index is 539. The van der Waals surface area contributed by atoms with Gasteiger partial charge in [0.25, 0.3) is 0 Å². The second-order valence-electron chi connectivity index (χ2n) is 4.61. The minimum Gasteiger partial charge on any atom is -0.374 e. The van der Waals surface area contributed by atoms with Gasteiger partial charge < -0.3 is 14.6 Å². The molecule has 0 amide bonds. The van der Waals surface area contributed by atoms with Gasteiger partial charge in [0, 0.05) is 5.56 Å². The predicted molar refractivity (Wildman–Crippen MR) is 71.3 cm³/mol. The summed E-state index contributed by atoms with van der Waals surface area (Å²) in [6.45, 7) is 1.00. The molecule has 0 aliphatic carbocycles. The number of rotatable bonds is 4. The van der Waals surface area contributed by atoms with Crippen LogP contribution >= 0.6 is 0 Å². The van der Waals surface area contributed by atoms with Gasteiger partial charge >= 0.3 is 0 Å². The third-order valence-corrected chi connectivity index (χ3v) is 3.28. The van der Waals surface area contributed by atoms with Crippen molar-refractivity contribution in [2.75, 3.05) is 6.61 Å². The van der Waals surface area contributed by atoms with E-state index in [1.165, 1.54) is 0 Å². The van der Waals surface area contributed by atoms with E-state index in [1.54, 1.807) is 0 Å². The maximum Gasteiger partial charge on any atom is 0.182 e. The van der Waals surface area contributed by atoms with Gasteiger partial charge in [-0.3, -0.25) is 0 Å². The SMILES string of the molecule is O[C@@H]1O[C@@H](COCc2ccccc2)c2ccccc21. The molecular formula is C16H16O3. The summed E-state index contributed by atoms with van der Waals surface area (Å²) in [5.41, 5.74) is 2.99. The highest BCUT2D eigenvalue weighted by Gasteiger charge is 2.29. The Kier molecular flexibility index (Phi) is 3.60. The fourth-order valence-electron chi connectivity index (χ4n) is 2.32. The minimum absolute atomic E-state index is 0.185. The average Bonchev–Trinajstić information content (AvgIpc) is 2.78. The minimum atomic E-state index is -0.832. The summed E-state index contributed by atoms with van der Waals surface area (Å²) < 4.78 is 11.2. The molecule has 1 heterocycles. The number of benzene rings is 2. The highest BCUT2D eigenvalue weighted by atomic mass is 16.6. The molecule has 1 N–H and O–H groups in total. The molecule has 2 aromatic rings. The first-order valence-corrected chi connectivity index (χ1v) is 6.38. The van der Waals surface area contributed by atoms with E-state index < -0.39 is 6.29 Å². The standard InChI is InChI=1S/C16H16O3/c17-16-14-9-5-4-8-13(14)15(19-16)11-18-10-12-6-2-1-3-7-12/h1-9,15-17H,10-11H2/t15-,16+/m0/s1. The number of hydrogen-bond acceptors (Lipinski definition) is 3. The van der Waals surface area contributed by atoms with Crippen molar-refractivity contribution in [1.29, 1.82) is 0 Å². The third kappa shape index (κ3) is 2.68. The average molecular weight is 256 g/mol. The van der Waals surface area contributed by atoms with Crippen molar-refractivity contribution < 1.29 is 14.6 Å². The molecule has 0 saturated heterocycles. The maximum atomic E-state index is 9.79. The van der Waals surface area contributed by atoms with Crippen LogP contribution < -0.4 is 0 Å². The number of aliphatic hydroxyl groups excluding tert-OH is 1. The molecule has 1 aliphatic rings. The van der Waals surface area contributed by atoms with E-state index in [1.807, 2.05) is 54.6 Å². The van der Waals surface area contributed by atoms with Gasteiger partial charge in [-0.25, -0.2) is 0 Å². The lowest BCUT2D eigenvalue weighted by molar-refractivity contribution is -0.139. The smallest absolute Gasteiger partial charge is 0.182 e. The van der Waals surface area contributed by atoms with E-state index in [-0.39, 0.29) is 6.10 Å². The lowest BCUT2D eigenvalue weighted by Crippen LogP contribution is -2.07. The number of ether oxygens (including phenoxy) is 2. The molecule has 1 aliphatic heterocycles. The fourth-order valence-corrected chi connectivity index (χ4v) is 2.32. The van der Waals surface area contributed by atoms with Crippen LogP contribution in [-0.4, -0.2) is 11.7 Å². The molecule has 19 heavy (non-hydrogen) atoms. The Morgan fingerprint density at radius 1 is 0.947 bits per heavy atom. The van der Waals surface area contributed by atoms with Crippen molar-refractivity contribution in [3.05, 3.63) is 71.3 Å². The van der Waals surface area contributed by atoms with Crippen LogP contribution in [0.1, 0.15) is 29.1 Å². The van der Waals surface area contributed by atoms with Crippen LogP contribution in [0, 0.1) is 0 Å². The highest BCUT2D eigenvalue weighted by Crippen LogP contribution is 2.37. The lowest BCUT2D eigenvalue weighted by atomic mass is 10.1. The largest absolute Gasteiger partial charge is 0.374 e. The maximum absolute atomic E-state index is 9.79. The van der Waals surface area contributed by atoms with E-state index in [2.05, 4.69) is 0 Å². The quantitative estimate of drug-likeness (QED) is 0.914. The zero-order valence-corrected chi connectivity index (χ0v) is 10.5. The van der Waals surface area contributed by atoms with Crippen molar-refractivity contribution in [2.24, 2.45) is 0 Å². The van der Waals surface area contributed by atoms with Crippen LogP contribution in [0.4, 0.5) is 0 Å². The molecular weight excluding hydrogens is 240 g/mol. The van der Waals surface area contributed by atoms with Gasteiger partial charge in [-0.05, 0) is 11.1 Å². The van der Waals surface area contributed by atoms with Gasteiger partial charge in [0.15, 0.2) is 6.29 Å². The fraction of sp³-hybridized carbons (Fsp3) is 0.250. The summed E-state index contributed by atoms with van der Waals surface area (Å²) >= 11 is 0. The zero-order valence-electron chi connectivity index (χ0n) is 10.5. The van der Waals surface area contributed by atoms with E-state index >= 15 is 0 Å². The third-order valence-electron chi connectivity index (χ3n) is 3.28. The van der Waals surface area contributed by atoms with Crippen molar-refractivity contribution >= 4 is 0 Å². The monoisotopic (exact) mass is 256 g/mol. The molecule has 0 saturated carbocycles. The van der Waals surface area contributed by atoms with Crippen molar-refractivity contribution in [3.63, 3.8) is 0 Å². The van der Waals surface area contributed by atoms with Crippen molar-refractivity contribution in [3.8, 4) is 0 Å². The summed E-state index contributed by atoms with van der Waals surface area (Å²) in [7, 11) is 0. The first-order valence-electron chi connectivity index (χ1n) is 6.38. The van der Waals surface area contributed by atoms with Gasteiger partial charge in [0.05, 0.1) is 13.2 Å². The second-order valence-corrected chi connectivity index (χ2v) is 4.61. The number of fused-ring (bicyclic) bond motifs is 1. The zero-order chi connectivity index (χ0) is 13.1. The van der Waals surface area contributed by atoms with Crippen LogP contribution in [0.2, 0.25) is 0 Å². The molecule has 0 spiro atoms. The molecule has 3 rings (SSSR count).